The van der Waals surface area contributed by atoms with Gasteiger partial charge in [0.05, 0.1) is 17.4 Å². The maximum atomic E-state index is 11.7. The molecule has 1 aromatic heterocycles. The summed E-state index contributed by atoms with van der Waals surface area (Å²) in [5.41, 5.74) is 2.66. The second-order valence-corrected chi connectivity index (χ2v) is 3.77. The van der Waals surface area contributed by atoms with Crippen LogP contribution in [0.4, 0.5) is 0 Å². The van der Waals surface area contributed by atoms with Crippen LogP contribution in [0.5, 0.6) is 0 Å². The van der Waals surface area contributed by atoms with Crippen LogP contribution in [0.15, 0.2) is 24.5 Å². The van der Waals surface area contributed by atoms with Gasteiger partial charge in [-0.05, 0) is 31.0 Å². The van der Waals surface area contributed by atoms with Crippen LogP contribution in [0.1, 0.15) is 23.2 Å². The van der Waals surface area contributed by atoms with E-state index in [4.69, 9.17) is 0 Å². The Balaban J connectivity index is 2.07. The molecule has 1 aromatic carbocycles. The van der Waals surface area contributed by atoms with Crippen molar-refractivity contribution in [1.29, 1.82) is 0 Å². The highest BCUT2D eigenvalue weighted by Crippen LogP contribution is 2.32. The normalized spacial score (nSPS) is 16.0. The van der Waals surface area contributed by atoms with Crippen molar-refractivity contribution in [2.24, 2.45) is 5.92 Å². The van der Waals surface area contributed by atoms with Gasteiger partial charge in [0.1, 0.15) is 0 Å². The quantitative estimate of drug-likeness (QED) is 0.730. The lowest BCUT2D eigenvalue weighted by Crippen LogP contribution is -2.00. The van der Waals surface area contributed by atoms with Crippen LogP contribution in [-0.2, 0) is 0 Å². The lowest BCUT2D eigenvalue weighted by molar-refractivity contribution is 0.0968. The third-order valence-corrected chi connectivity index (χ3v) is 2.65. The molecule has 1 N–H and O–H groups in total. The number of carbonyl (C=O) groups excluding carboxylic acids is 1. The van der Waals surface area contributed by atoms with Crippen LogP contribution in [0.2, 0.25) is 0 Å². The Kier molecular flexibility index (Phi) is 1.48. The fourth-order valence-electron chi connectivity index (χ4n) is 1.67. The number of fused-ring (bicyclic) bond motifs is 1. The second kappa shape index (κ2) is 2.67. The molecule has 3 nitrogen and oxygen atoms in total. The molecule has 0 amide bonds. The highest BCUT2D eigenvalue weighted by atomic mass is 16.1. The molecule has 1 aliphatic rings. The van der Waals surface area contributed by atoms with Gasteiger partial charge in [0.25, 0.3) is 0 Å². The summed E-state index contributed by atoms with van der Waals surface area (Å²) in [6.07, 6.45) is 3.76. The number of H-pyrrole nitrogens is 1. The Hall–Kier alpha value is -1.64. The maximum absolute atomic E-state index is 11.7. The number of hydrogen-bond donors (Lipinski definition) is 1. The average molecular weight is 186 g/mol. The monoisotopic (exact) mass is 186 g/mol. The summed E-state index contributed by atoms with van der Waals surface area (Å²) in [5.74, 6) is 0.567. The molecule has 0 radical (unpaired) electrons. The molecule has 1 saturated carbocycles. The molecule has 0 bridgehead atoms. The van der Waals surface area contributed by atoms with Crippen molar-refractivity contribution in [3.8, 4) is 0 Å². The predicted molar refractivity (Wildman–Crippen MR) is 53.1 cm³/mol. The van der Waals surface area contributed by atoms with Crippen molar-refractivity contribution in [2.75, 3.05) is 0 Å². The molecule has 0 atom stereocenters. The number of imidazole rings is 1. The number of aromatic nitrogens is 2. The Labute approximate surface area is 81.2 Å². The van der Waals surface area contributed by atoms with Gasteiger partial charge in [-0.3, -0.25) is 4.79 Å². The van der Waals surface area contributed by atoms with Crippen LogP contribution < -0.4 is 0 Å². The van der Waals surface area contributed by atoms with Gasteiger partial charge in [-0.2, -0.15) is 0 Å². The fraction of sp³-hybridized carbons (Fsp3) is 0.273. The predicted octanol–water partition coefficient (Wildman–Crippen LogP) is 2.16. The number of Topliss-reactive ketones (excluding diaryl/α,β-unsaturated/α-hetero) is 1. The van der Waals surface area contributed by atoms with Gasteiger partial charge >= 0.3 is 0 Å². The highest BCUT2D eigenvalue weighted by molar-refractivity contribution is 6.01. The number of hydrogen-bond acceptors (Lipinski definition) is 2. The molecule has 3 heteroatoms. The average Bonchev–Trinajstić information content (AvgIpc) is 2.95. The minimum Gasteiger partial charge on any atom is -0.345 e. The minimum absolute atomic E-state index is 0.279. The largest absolute Gasteiger partial charge is 0.345 e. The van der Waals surface area contributed by atoms with E-state index in [1.165, 1.54) is 0 Å². The number of ketones is 1. The number of rotatable bonds is 2. The standard InChI is InChI=1S/C11H10N2O/c14-11(7-1-2-7)8-3-4-9-10(5-8)13-6-12-9/h3-7H,1-2H2,(H,12,13). The van der Waals surface area contributed by atoms with Gasteiger partial charge in [0, 0.05) is 11.5 Å². The van der Waals surface area contributed by atoms with Crippen molar-refractivity contribution in [3.05, 3.63) is 30.1 Å². The summed E-state index contributed by atoms with van der Waals surface area (Å²) < 4.78 is 0. The fourth-order valence-corrected chi connectivity index (χ4v) is 1.67. The van der Waals surface area contributed by atoms with E-state index in [-0.39, 0.29) is 11.7 Å². The lowest BCUT2D eigenvalue weighted by atomic mass is 10.1. The third kappa shape index (κ3) is 1.13. The lowest BCUT2D eigenvalue weighted by Gasteiger charge is -1.97. The zero-order chi connectivity index (χ0) is 9.54. The molecule has 0 aliphatic heterocycles. The number of nitrogens with zero attached hydrogens (tertiary/aromatic N) is 1. The van der Waals surface area contributed by atoms with E-state index in [1.807, 2.05) is 18.2 Å². The van der Waals surface area contributed by atoms with E-state index >= 15 is 0 Å². The van der Waals surface area contributed by atoms with Gasteiger partial charge in [-0.1, -0.05) is 0 Å². The SMILES string of the molecule is O=C(c1ccc2nc[nH]c2c1)C1CC1. The van der Waals surface area contributed by atoms with E-state index in [0.717, 1.165) is 29.4 Å². The molecule has 0 saturated heterocycles. The zero-order valence-electron chi connectivity index (χ0n) is 7.66. The summed E-state index contributed by atoms with van der Waals surface area (Å²) in [5, 5.41) is 0. The molecule has 0 spiro atoms. The smallest absolute Gasteiger partial charge is 0.166 e. The Morgan fingerprint density at radius 1 is 1.43 bits per heavy atom. The molecule has 14 heavy (non-hydrogen) atoms. The van der Waals surface area contributed by atoms with Crippen LogP contribution in [0, 0.1) is 5.92 Å². The van der Waals surface area contributed by atoms with E-state index < -0.39 is 0 Å². The van der Waals surface area contributed by atoms with Gasteiger partial charge in [-0.25, -0.2) is 4.98 Å². The maximum Gasteiger partial charge on any atom is 0.166 e. The summed E-state index contributed by atoms with van der Waals surface area (Å²) >= 11 is 0. The van der Waals surface area contributed by atoms with Gasteiger partial charge in [0.2, 0.25) is 0 Å². The topological polar surface area (TPSA) is 45.8 Å². The van der Waals surface area contributed by atoms with Crippen LogP contribution in [-0.4, -0.2) is 15.8 Å². The van der Waals surface area contributed by atoms with E-state index in [0.29, 0.717) is 0 Å². The molecule has 0 unspecified atom stereocenters. The van der Waals surface area contributed by atoms with Crippen molar-refractivity contribution >= 4 is 16.8 Å². The number of nitrogens with one attached hydrogen (secondary N) is 1. The van der Waals surface area contributed by atoms with Gasteiger partial charge < -0.3 is 4.98 Å². The van der Waals surface area contributed by atoms with Crippen LogP contribution in [0.25, 0.3) is 11.0 Å². The first-order chi connectivity index (χ1) is 6.84. The number of benzene rings is 1. The third-order valence-electron chi connectivity index (χ3n) is 2.65. The second-order valence-electron chi connectivity index (χ2n) is 3.77. The first-order valence-corrected chi connectivity index (χ1v) is 4.82. The van der Waals surface area contributed by atoms with Crippen molar-refractivity contribution in [3.63, 3.8) is 0 Å². The van der Waals surface area contributed by atoms with Crippen LogP contribution in [0.3, 0.4) is 0 Å². The molecule has 1 fully saturated rings. The zero-order valence-corrected chi connectivity index (χ0v) is 7.66. The molecular formula is C11H10N2O. The molecule has 1 heterocycles. The minimum atomic E-state index is 0.279. The molecule has 3 rings (SSSR count). The summed E-state index contributed by atoms with van der Waals surface area (Å²) in [7, 11) is 0. The first-order valence-electron chi connectivity index (χ1n) is 4.82. The van der Waals surface area contributed by atoms with E-state index in [2.05, 4.69) is 9.97 Å². The van der Waals surface area contributed by atoms with Gasteiger partial charge in [-0.15, -0.1) is 0 Å². The molecule has 1 aliphatic carbocycles. The van der Waals surface area contributed by atoms with E-state index in [9.17, 15) is 4.79 Å². The van der Waals surface area contributed by atoms with Gasteiger partial charge in [0.15, 0.2) is 5.78 Å². The Morgan fingerprint density at radius 2 is 2.29 bits per heavy atom. The van der Waals surface area contributed by atoms with Crippen LogP contribution >= 0.6 is 0 Å². The van der Waals surface area contributed by atoms with E-state index in [1.54, 1.807) is 6.33 Å². The Morgan fingerprint density at radius 3 is 3.07 bits per heavy atom. The highest BCUT2D eigenvalue weighted by Gasteiger charge is 2.30. The van der Waals surface area contributed by atoms with Crippen molar-refractivity contribution in [2.45, 2.75) is 12.8 Å². The summed E-state index contributed by atoms with van der Waals surface area (Å²) in [6, 6.07) is 5.65. The first kappa shape index (κ1) is 7.74. The number of aromatic amines is 1. The number of carbonyl (C=O) groups is 1. The Bertz CT molecular complexity index is 497. The molecule has 70 valence electrons. The summed E-state index contributed by atoms with van der Waals surface area (Å²) in [4.78, 5) is 18.9. The molecule has 2 aromatic rings. The molecular weight excluding hydrogens is 176 g/mol. The summed E-state index contributed by atoms with van der Waals surface area (Å²) in [6.45, 7) is 0. The van der Waals surface area contributed by atoms with Crippen molar-refractivity contribution in [1.82, 2.24) is 9.97 Å². The van der Waals surface area contributed by atoms with Crippen molar-refractivity contribution < 1.29 is 4.79 Å².